The van der Waals surface area contributed by atoms with Crippen molar-refractivity contribution in [3.8, 4) is 11.4 Å². The first-order valence-electron chi connectivity index (χ1n) is 7.70. The van der Waals surface area contributed by atoms with Crippen LogP contribution in [0.4, 0.5) is 0 Å². The van der Waals surface area contributed by atoms with E-state index in [9.17, 15) is 0 Å². The molecule has 0 aliphatic carbocycles. The van der Waals surface area contributed by atoms with E-state index in [1.165, 1.54) is 22.2 Å². The Hall–Kier alpha value is -2.62. The molecule has 23 heavy (non-hydrogen) atoms. The van der Waals surface area contributed by atoms with Gasteiger partial charge in [-0.15, -0.1) is 0 Å². The molecular formula is C19H21N3O. The summed E-state index contributed by atoms with van der Waals surface area (Å²) in [6, 6.07) is 8.11. The van der Waals surface area contributed by atoms with Crippen LogP contribution in [0.25, 0.3) is 16.5 Å². The van der Waals surface area contributed by atoms with Crippen molar-refractivity contribution in [3.05, 3.63) is 59.7 Å². The van der Waals surface area contributed by atoms with Gasteiger partial charge < -0.3 is 9.30 Å². The van der Waals surface area contributed by atoms with E-state index in [0.29, 0.717) is 6.61 Å². The summed E-state index contributed by atoms with van der Waals surface area (Å²) in [5.74, 6) is 0.844. The van der Waals surface area contributed by atoms with Gasteiger partial charge in [-0.2, -0.15) is 10.2 Å². The second-order valence-electron chi connectivity index (χ2n) is 5.72. The maximum absolute atomic E-state index is 5.56. The Labute approximate surface area is 136 Å². The third-order valence-corrected chi connectivity index (χ3v) is 4.18. The van der Waals surface area contributed by atoms with Gasteiger partial charge in [0.1, 0.15) is 12.4 Å². The lowest BCUT2D eigenvalue weighted by Gasteiger charge is -2.10. The molecule has 0 amide bonds. The average Bonchev–Trinajstić information content (AvgIpc) is 2.82. The van der Waals surface area contributed by atoms with Crippen molar-refractivity contribution >= 4 is 10.8 Å². The fraction of sp³-hybridized carbons (Fsp3) is 0.263. The molecule has 2 aromatic heterocycles. The Morgan fingerprint density at radius 1 is 0.957 bits per heavy atom. The van der Waals surface area contributed by atoms with Crippen LogP contribution >= 0.6 is 0 Å². The molecule has 118 valence electrons. The van der Waals surface area contributed by atoms with Crippen LogP contribution in [-0.4, -0.2) is 21.4 Å². The lowest BCUT2D eigenvalue weighted by molar-refractivity contribution is 0.363. The summed E-state index contributed by atoms with van der Waals surface area (Å²) >= 11 is 0. The van der Waals surface area contributed by atoms with Crippen LogP contribution in [0, 0.1) is 27.7 Å². The van der Waals surface area contributed by atoms with Crippen molar-refractivity contribution in [2.75, 3.05) is 6.61 Å². The molecule has 0 radical (unpaired) electrons. The molecule has 0 unspecified atom stereocenters. The van der Waals surface area contributed by atoms with E-state index < -0.39 is 0 Å². The van der Waals surface area contributed by atoms with E-state index in [-0.39, 0.29) is 0 Å². The van der Waals surface area contributed by atoms with E-state index in [1.807, 2.05) is 26.0 Å². The summed E-state index contributed by atoms with van der Waals surface area (Å²) in [4.78, 5) is 0. The molecule has 3 aromatic rings. The Balaban J connectivity index is 2.15. The lowest BCUT2D eigenvalue weighted by atomic mass is 10.1. The molecule has 0 saturated carbocycles. The van der Waals surface area contributed by atoms with Crippen molar-refractivity contribution in [2.24, 2.45) is 0 Å². The summed E-state index contributed by atoms with van der Waals surface area (Å²) in [6.07, 6.45) is 1.74. The minimum atomic E-state index is 0.514. The number of hydrogen-bond donors (Lipinski definition) is 0. The predicted molar refractivity (Wildman–Crippen MR) is 93.5 cm³/mol. The summed E-state index contributed by atoms with van der Waals surface area (Å²) < 4.78 is 7.81. The molecule has 0 aliphatic rings. The Kier molecular flexibility index (Phi) is 3.90. The van der Waals surface area contributed by atoms with Crippen molar-refractivity contribution < 1.29 is 4.74 Å². The first-order chi connectivity index (χ1) is 11.0. The van der Waals surface area contributed by atoms with E-state index in [1.54, 1.807) is 6.08 Å². The van der Waals surface area contributed by atoms with E-state index in [2.05, 4.69) is 47.3 Å². The molecule has 0 N–H and O–H groups in total. The van der Waals surface area contributed by atoms with E-state index in [4.69, 9.17) is 4.74 Å². The molecule has 1 aromatic carbocycles. The van der Waals surface area contributed by atoms with Gasteiger partial charge in [-0.3, -0.25) is 0 Å². The summed E-state index contributed by atoms with van der Waals surface area (Å²) in [5, 5.41) is 10.9. The fourth-order valence-electron chi connectivity index (χ4n) is 3.21. The van der Waals surface area contributed by atoms with Crippen LogP contribution in [0.2, 0.25) is 0 Å². The molecule has 4 heteroatoms. The number of ether oxygens (including phenoxy) is 1. The minimum absolute atomic E-state index is 0.514. The van der Waals surface area contributed by atoms with Crippen molar-refractivity contribution in [1.29, 1.82) is 0 Å². The minimum Gasteiger partial charge on any atom is -0.490 e. The van der Waals surface area contributed by atoms with Crippen LogP contribution in [0.3, 0.4) is 0 Å². The Bertz CT molecular complexity index is 831. The van der Waals surface area contributed by atoms with Gasteiger partial charge in [0.25, 0.3) is 0 Å². The van der Waals surface area contributed by atoms with Crippen LogP contribution in [0.1, 0.15) is 22.8 Å². The summed E-state index contributed by atoms with van der Waals surface area (Å²) in [7, 11) is 0. The molecule has 0 saturated heterocycles. The van der Waals surface area contributed by atoms with Gasteiger partial charge >= 0.3 is 0 Å². The molecule has 0 fully saturated rings. The fourth-order valence-corrected chi connectivity index (χ4v) is 3.21. The second-order valence-corrected chi connectivity index (χ2v) is 5.72. The molecule has 0 spiro atoms. The van der Waals surface area contributed by atoms with Crippen molar-refractivity contribution in [3.63, 3.8) is 0 Å². The monoisotopic (exact) mass is 307 g/mol. The lowest BCUT2D eigenvalue weighted by Crippen LogP contribution is -1.99. The standard InChI is InChI=1S/C19H21N3O/c1-6-11-23-17-9-7-16(8-10-17)22-14(4)18-12(2)20-21-13(3)19(18)15(22)5/h6-10H,1,11H2,2-5H3. The Morgan fingerprint density at radius 3 is 1.96 bits per heavy atom. The SMILES string of the molecule is C=CCOc1ccc(-n2c(C)c3c(C)nnc(C)c3c2C)cc1. The predicted octanol–water partition coefficient (Wildman–Crippen LogP) is 4.22. The van der Waals surface area contributed by atoms with E-state index in [0.717, 1.165) is 22.8 Å². The highest BCUT2D eigenvalue weighted by atomic mass is 16.5. The van der Waals surface area contributed by atoms with Crippen molar-refractivity contribution in [1.82, 2.24) is 14.8 Å². The zero-order chi connectivity index (χ0) is 16.6. The number of hydrogen-bond acceptors (Lipinski definition) is 3. The third-order valence-electron chi connectivity index (χ3n) is 4.18. The highest BCUT2D eigenvalue weighted by Crippen LogP contribution is 2.31. The van der Waals surface area contributed by atoms with Gasteiger partial charge in [0.05, 0.1) is 11.4 Å². The molecule has 4 nitrogen and oxygen atoms in total. The molecular weight excluding hydrogens is 286 g/mol. The summed E-state index contributed by atoms with van der Waals surface area (Å²) in [5.41, 5.74) is 5.42. The smallest absolute Gasteiger partial charge is 0.119 e. The largest absolute Gasteiger partial charge is 0.490 e. The molecule has 2 heterocycles. The van der Waals surface area contributed by atoms with Crippen LogP contribution < -0.4 is 4.74 Å². The maximum atomic E-state index is 5.56. The molecule has 3 rings (SSSR count). The first-order valence-corrected chi connectivity index (χ1v) is 7.70. The Morgan fingerprint density at radius 2 is 1.48 bits per heavy atom. The van der Waals surface area contributed by atoms with Gasteiger partial charge in [-0.1, -0.05) is 12.7 Å². The van der Waals surface area contributed by atoms with Gasteiger partial charge in [-0.25, -0.2) is 0 Å². The molecule has 0 bridgehead atoms. The normalized spacial score (nSPS) is 11.0. The zero-order valence-electron chi connectivity index (χ0n) is 14.1. The molecule has 0 atom stereocenters. The van der Waals surface area contributed by atoms with E-state index >= 15 is 0 Å². The van der Waals surface area contributed by atoms with Crippen molar-refractivity contribution in [2.45, 2.75) is 27.7 Å². The van der Waals surface area contributed by atoms with Gasteiger partial charge in [0, 0.05) is 27.8 Å². The number of fused-ring (bicyclic) bond motifs is 1. The highest BCUT2D eigenvalue weighted by molar-refractivity contribution is 5.92. The molecule has 0 aliphatic heterocycles. The number of benzene rings is 1. The quantitative estimate of drug-likeness (QED) is 0.678. The number of aromatic nitrogens is 3. The van der Waals surface area contributed by atoms with Gasteiger partial charge in [0.2, 0.25) is 0 Å². The second kappa shape index (κ2) is 5.88. The first kappa shape index (κ1) is 15.3. The third kappa shape index (κ3) is 2.50. The van der Waals surface area contributed by atoms with Crippen LogP contribution in [-0.2, 0) is 0 Å². The van der Waals surface area contributed by atoms with Gasteiger partial charge in [-0.05, 0) is 52.0 Å². The zero-order valence-corrected chi connectivity index (χ0v) is 14.1. The average molecular weight is 307 g/mol. The number of rotatable bonds is 4. The summed E-state index contributed by atoms with van der Waals surface area (Å²) in [6.45, 7) is 12.5. The van der Waals surface area contributed by atoms with Gasteiger partial charge in [0.15, 0.2) is 0 Å². The number of aryl methyl sites for hydroxylation is 4. The maximum Gasteiger partial charge on any atom is 0.119 e. The van der Waals surface area contributed by atoms with Crippen LogP contribution in [0.5, 0.6) is 5.75 Å². The topological polar surface area (TPSA) is 39.9 Å². The number of nitrogens with zero attached hydrogens (tertiary/aromatic N) is 3. The highest BCUT2D eigenvalue weighted by Gasteiger charge is 2.17. The van der Waals surface area contributed by atoms with Crippen LogP contribution in [0.15, 0.2) is 36.9 Å².